The number of H-pyrrole nitrogens is 1. The lowest BCUT2D eigenvalue weighted by atomic mass is 9.47. The molecule has 3 aromatic rings. The van der Waals surface area contributed by atoms with Crippen molar-refractivity contribution < 1.29 is 49.8 Å². The van der Waals surface area contributed by atoms with Crippen LogP contribution in [0.5, 0.6) is 5.75 Å². The Balaban J connectivity index is 0.00000514. The zero-order valence-electron chi connectivity index (χ0n) is 35.3. The molecule has 322 valence electrons. The van der Waals surface area contributed by atoms with Crippen molar-refractivity contribution in [3.05, 3.63) is 70.9 Å². The first-order valence-corrected chi connectivity index (χ1v) is 21.3. The van der Waals surface area contributed by atoms with Gasteiger partial charge >= 0.3 is 17.9 Å². The number of aliphatic hydroxyl groups is 2. The molecule has 0 radical (unpaired) electrons. The van der Waals surface area contributed by atoms with Crippen LogP contribution >= 0.6 is 0 Å². The van der Waals surface area contributed by atoms with E-state index in [1.165, 1.54) is 33.2 Å². The second kappa shape index (κ2) is 14.1. The van der Waals surface area contributed by atoms with E-state index in [2.05, 4.69) is 20.9 Å². The fourth-order valence-electron chi connectivity index (χ4n) is 13.4. The van der Waals surface area contributed by atoms with Crippen molar-refractivity contribution >= 4 is 40.9 Å². The molecule has 1 amide bonds. The van der Waals surface area contributed by atoms with Gasteiger partial charge in [-0.05, 0) is 74.2 Å². The quantitative estimate of drug-likeness (QED) is 0.130. The standard InChI is InChI=1S/C46H56N4O10.H2/c1-7-42(55)22-28-23-45(40(53)58-5,36-30(14-18-48(24-28)25-42)29-12-9-10-13-33(29)47-36)32-20-31-34(21-35(32)57-4)50(26-51)38-44(31)16-19-49-17-11-15-43(8-2,37(44)49)39(60-27(3)52)46(38,56)41(54)59-6;/h9-13,15,20-21,26,28,37-39,47,55-56H,7-8,14,16-19,22-25H2,1-6H3;1H/t28?,37-,38+,39+,42-,43+,44+,45-,46-;/m0./s1. The van der Waals surface area contributed by atoms with E-state index in [-0.39, 0.29) is 13.8 Å². The highest BCUT2D eigenvalue weighted by Gasteiger charge is 2.81. The number of rotatable bonds is 8. The molecule has 9 rings (SSSR count). The number of fused-ring (bicyclic) bond motifs is 6. The third-order valence-corrected chi connectivity index (χ3v) is 15.5. The zero-order chi connectivity index (χ0) is 42.6. The SMILES string of the molecule is CC[C@]1(O)CC2CN(CCc3c([nH]c4ccccc34)[C@@](C(=O)OC)(c3cc4c(cc3OC)N(C=O)[C@H]3[C@@](O)(C(=O)OC)[C@H](OC(C)=O)[C@]5(CC)C=CCN6CC[C@]43[C@@H]65)C2)C1.[HH]. The minimum atomic E-state index is -2.53. The van der Waals surface area contributed by atoms with Gasteiger partial charge in [-0.2, -0.15) is 0 Å². The lowest BCUT2D eigenvalue weighted by molar-refractivity contribution is -0.228. The molecule has 1 aromatic heterocycles. The highest BCUT2D eigenvalue weighted by atomic mass is 16.6. The number of piperidine rings is 1. The lowest BCUT2D eigenvalue weighted by Gasteiger charge is -2.63. The van der Waals surface area contributed by atoms with Gasteiger partial charge in [-0.1, -0.05) is 44.2 Å². The van der Waals surface area contributed by atoms with Crippen LogP contribution in [0.15, 0.2) is 48.6 Å². The number of para-hydroxylation sites is 1. The molecule has 3 fully saturated rings. The Morgan fingerprint density at radius 3 is 2.43 bits per heavy atom. The second-order valence-electron chi connectivity index (χ2n) is 18.1. The van der Waals surface area contributed by atoms with Crippen molar-refractivity contribution in [2.24, 2.45) is 11.3 Å². The summed E-state index contributed by atoms with van der Waals surface area (Å²) in [7, 11) is 4.09. The van der Waals surface area contributed by atoms with Crippen LogP contribution < -0.4 is 9.64 Å². The Hall–Kier alpha value is -4.76. The van der Waals surface area contributed by atoms with E-state index in [0.717, 1.165) is 16.5 Å². The smallest absolute Gasteiger partial charge is 0.344 e. The number of hydrogen-bond acceptors (Lipinski definition) is 12. The Morgan fingerprint density at radius 2 is 1.75 bits per heavy atom. The Kier molecular flexibility index (Phi) is 9.58. The molecule has 2 unspecified atom stereocenters. The number of nitrogens with zero attached hydrogens (tertiary/aromatic N) is 3. The van der Waals surface area contributed by atoms with E-state index in [1.54, 1.807) is 6.07 Å². The van der Waals surface area contributed by atoms with Crippen molar-refractivity contribution in [2.75, 3.05) is 59.0 Å². The highest BCUT2D eigenvalue weighted by molar-refractivity contribution is 5.96. The molecule has 5 aliphatic heterocycles. The molecular formula is C46H58N4O10. The second-order valence-corrected chi connectivity index (χ2v) is 18.1. The molecule has 6 heterocycles. The number of methoxy groups -OCH3 is 3. The van der Waals surface area contributed by atoms with Crippen LogP contribution in [0.25, 0.3) is 10.9 Å². The fourth-order valence-corrected chi connectivity index (χ4v) is 13.4. The van der Waals surface area contributed by atoms with Crippen LogP contribution in [0, 0.1) is 11.3 Å². The van der Waals surface area contributed by atoms with Gasteiger partial charge < -0.3 is 39.0 Å². The van der Waals surface area contributed by atoms with Gasteiger partial charge in [0.05, 0.1) is 38.7 Å². The van der Waals surface area contributed by atoms with E-state index in [1.807, 2.05) is 50.3 Å². The normalized spacial score (nSPS) is 36.5. The zero-order valence-corrected chi connectivity index (χ0v) is 35.3. The van der Waals surface area contributed by atoms with Gasteiger partial charge in [0.25, 0.3) is 0 Å². The number of benzene rings is 2. The average molecular weight is 827 g/mol. The monoisotopic (exact) mass is 826 g/mol. The van der Waals surface area contributed by atoms with Gasteiger partial charge in [0.15, 0.2) is 6.10 Å². The summed E-state index contributed by atoms with van der Waals surface area (Å²) < 4.78 is 23.7. The number of carbonyl (C=O) groups is 4. The van der Waals surface area contributed by atoms with Gasteiger partial charge in [0.2, 0.25) is 12.0 Å². The number of nitrogens with one attached hydrogen (secondary N) is 1. The van der Waals surface area contributed by atoms with Crippen LogP contribution in [0.1, 0.15) is 76.7 Å². The predicted molar refractivity (Wildman–Crippen MR) is 223 cm³/mol. The molecule has 6 aliphatic rings. The molecule has 14 heteroatoms. The molecule has 2 saturated heterocycles. The average Bonchev–Trinajstić information content (AvgIpc) is 3.92. The first-order valence-electron chi connectivity index (χ1n) is 21.3. The largest absolute Gasteiger partial charge is 0.496 e. The van der Waals surface area contributed by atoms with Crippen LogP contribution in [0.3, 0.4) is 0 Å². The van der Waals surface area contributed by atoms with Gasteiger partial charge in [0, 0.05) is 79.6 Å². The maximum atomic E-state index is 15.3. The van der Waals surface area contributed by atoms with Crippen molar-refractivity contribution in [3.63, 3.8) is 0 Å². The first-order chi connectivity index (χ1) is 28.8. The molecule has 60 heavy (non-hydrogen) atoms. The fraction of sp³-hybridized carbons (Fsp3) is 0.565. The van der Waals surface area contributed by atoms with E-state index in [0.29, 0.717) is 99.5 Å². The minimum Gasteiger partial charge on any atom is -0.496 e. The lowest BCUT2D eigenvalue weighted by Crippen LogP contribution is -2.81. The molecule has 10 atom stereocenters. The van der Waals surface area contributed by atoms with Crippen molar-refractivity contribution in [1.29, 1.82) is 0 Å². The molecule has 3 N–H and O–H groups in total. The van der Waals surface area contributed by atoms with E-state index < -0.39 is 63.5 Å². The summed E-state index contributed by atoms with van der Waals surface area (Å²) in [6, 6.07) is 9.97. The predicted octanol–water partition coefficient (Wildman–Crippen LogP) is 3.76. The number of aromatic nitrogens is 1. The van der Waals surface area contributed by atoms with Crippen LogP contribution in [-0.2, 0) is 50.6 Å². The molecule has 14 nitrogen and oxygen atoms in total. The number of esters is 3. The number of carbonyl (C=O) groups excluding carboxylic acids is 4. The number of aromatic amines is 1. The van der Waals surface area contributed by atoms with Crippen molar-refractivity contribution in [1.82, 2.24) is 14.8 Å². The van der Waals surface area contributed by atoms with Crippen LogP contribution in [0.4, 0.5) is 5.69 Å². The summed E-state index contributed by atoms with van der Waals surface area (Å²) in [5, 5.41) is 26.3. The van der Waals surface area contributed by atoms with Gasteiger partial charge in [0.1, 0.15) is 11.2 Å². The maximum Gasteiger partial charge on any atom is 0.344 e. The molecule has 1 saturated carbocycles. The molecular weight excluding hydrogens is 769 g/mol. The van der Waals surface area contributed by atoms with Crippen molar-refractivity contribution in [3.8, 4) is 5.75 Å². The van der Waals surface area contributed by atoms with Gasteiger partial charge in [-0.25, -0.2) is 4.79 Å². The molecule has 2 bridgehead atoms. The Morgan fingerprint density at radius 1 is 0.983 bits per heavy atom. The summed E-state index contributed by atoms with van der Waals surface area (Å²) >= 11 is 0. The van der Waals surface area contributed by atoms with E-state index in [4.69, 9.17) is 18.9 Å². The molecule has 1 aliphatic carbocycles. The number of ether oxygens (including phenoxy) is 4. The summed E-state index contributed by atoms with van der Waals surface area (Å²) in [5.41, 5.74) is -3.15. The summed E-state index contributed by atoms with van der Waals surface area (Å²) in [6.45, 7) is 8.16. The number of hydrogen-bond donors (Lipinski definition) is 3. The number of amides is 1. The summed E-state index contributed by atoms with van der Waals surface area (Å²) in [5.74, 6) is -2.06. The molecule has 1 spiro atoms. The topological polar surface area (TPSA) is 171 Å². The van der Waals surface area contributed by atoms with Crippen molar-refractivity contribution in [2.45, 2.75) is 99.5 Å². The third kappa shape index (κ3) is 5.19. The van der Waals surface area contributed by atoms with Gasteiger partial charge in [-0.15, -0.1) is 0 Å². The third-order valence-electron chi connectivity index (χ3n) is 15.5. The van der Waals surface area contributed by atoms with E-state index >= 15 is 4.79 Å². The Labute approximate surface area is 351 Å². The highest BCUT2D eigenvalue weighted by Crippen LogP contribution is 2.68. The van der Waals surface area contributed by atoms with Crippen LogP contribution in [0.2, 0.25) is 0 Å². The summed E-state index contributed by atoms with van der Waals surface area (Å²) in [4.78, 5) is 66.1. The van der Waals surface area contributed by atoms with Crippen LogP contribution in [-0.4, -0.2) is 133 Å². The van der Waals surface area contributed by atoms with E-state index in [9.17, 15) is 24.6 Å². The minimum absolute atomic E-state index is 0. The molecule has 2 aromatic carbocycles. The summed E-state index contributed by atoms with van der Waals surface area (Å²) in [6.07, 6.45) is 5.83. The van der Waals surface area contributed by atoms with Gasteiger partial charge in [-0.3, -0.25) is 24.2 Å². The first kappa shape index (κ1) is 40.6. The number of anilines is 1. The maximum absolute atomic E-state index is 15.3. The Bertz CT molecular complexity index is 2320.